The normalized spacial score (nSPS) is 24.7. The number of allylic oxidation sites excluding steroid dienone is 1. The fourth-order valence-electron chi connectivity index (χ4n) is 1.08. The molecular weight excluding hydrogens is 403 g/mol. The second kappa shape index (κ2) is 10.7. The van der Waals surface area contributed by atoms with Crippen LogP contribution in [-0.2, 0) is 33.7 Å². The summed E-state index contributed by atoms with van der Waals surface area (Å²) in [7, 11) is 0. The summed E-state index contributed by atoms with van der Waals surface area (Å²) in [6.45, 7) is 5.92. The Balaban J connectivity index is 0.000000433. The number of nitrogens with two attached hydrogens (primary N) is 1. The van der Waals surface area contributed by atoms with E-state index in [1.807, 2.05) is 0 Å². The molecule has 1 aliphatic rings. The first-order valence-electron chi connectivity index (χ1n) is 5.56. The van der Waals surface area contributed by atoms with Crippen LogP contribution in [0.5, 0.6) is 0 Å². The monoisotopic (exact) mass is 415 g/mol. The van der Waals surface area contributed by atoms with E-state index in [1.165, 1.54) is 17.1 Å². The number of halogens is 2. The Morgan fingerprint density at radius 1 is 1.55 bits per heavy atom. The van der Waals surface area contributed by atoms with Crippen molar-refractivity contribution in [3.05, 3.63) is 30.9 Å². The van der Waals surface area contributed by atoms with Crippen molar-refractivity contribution in [1.29, 1.82) is 0 Å². The third kappa shape index (κ3) is 9.87. The second-order valence-electron chi connectivity index (χ2n) is 3.79. The molecule has 0 bridgehead atoms. The third-order valence-electron chi connectivity index (χ3n) is 2.13. The molecule has 11 heteroatoms. The molecule has 1 rings (SSSR count). The average Bonchev–Trinajstić information content (AvgIpc) is 2.73. The standard InChI is InChI=1S/C6H6NO.C5H8Cl2O5P.Ni/c1-3-4-5(2)6(7)8;6-13(7,10)12-2-4-5(9)3(8)1-11-4;/h1-4H,(H2,7,8);1,3-5,8-9H,2H2;/q2*-1;/b4-3-;;/t;3-,4+,5-;/m.0./s1. The molecule has 1 amide bonds. The first-order chi connectivity index (χ1) is 10.1. The summed E-state index contributed by atoms with van der Waals surface area (Å²) in [6.07, 6.45) is -3.73. The molecule has 1 heterocycles. The molecule has 0 aromatic heterocycles. The van der Waals surface area contributed by atoms with E-state index >= 15 is 0 Å². The molecule has 1 saturated heterocycles. The van der Waals surface area contributed by atoms with E-state index in [4.69, 9.17) is 44.6 Å². The Bertz CT molecular complexity index is 483. The second-order valence-corrected chi connectivity index (χ2v) is 8.39. The van der Waals surface area contributed by atoms with Gasteiger partial charge in [0, 0.05) is 0 Å². The molecule has 0 saturated carbocycles. The van der Waals surface area contributed by atoms with Gasteiger partial charge in [-0.3, -0.25) is 4.57 Å². The number of carbonyl (C=O) groups is 1. The molecule has 1 fully saturated rings. The summed E-state index contributed by atoms with van der Waals surface area (Å²) in [5.74, 6) is -0.631. The molecule has 0 aliphatic carbocycles. The van der Waals surface area contributed by atoms with E-state index in [0.717, 1.165) is 6.61 Å². The van der Waals surface area contributed by atoms with Crippen molar-refractivity contribution in [2.45, 2.75) is 18.3 Å². The predicted molar refractivity (Wildman–Crippen MR) is 78.7 cm³/mol. The van der Waals surface area contributed by atoms with Crippen LogP contribution >= 0.6 is 28.6 Å². The number of amides is 1. The maximum absolute atomic E-state index is 10.7. The predicted octanol–water partition coefficient (Wildman–Crippen LogP) is 0.607. The van der Waals surface area contributed by atoms with Crippen molar-refractivity contribution in [2.24, 2.45) is 5.73 Å². The molecule has 7 nitrogen and oxygen atoms in total. The van der Waals surface area contributed by atoms with E-state index in [9.17, 15) is 14.5 Å². The fourth-order valence-corrected chi connectivity index (χ4v) is 1.83. The number of rotatable bonds is 6. The van der Waals surface area contributed by atoms with Crippen molar-refractivity contribution >= 4 is 39.5 Å². The van der Waals surface area contributed by atoms with Crippen LogP contribution in [0.1, 0.15) is 0 Å². The van der Waals surface area contributed by atoms with Gasteiger partial charge in [-0.1, -0.05) is 0 Å². The summed E-state index contributed by atoms with van der Waals surface area (Å²) in [4.78, 5) is 11.6. The van der Waals surface area contributed by atoms with Gasteiger partial charge in [-0.15, -0.1) is 0 Å². The van der Waals surface area contributed by atoms with E-state index in [1.54, 1.807) is 0 Å². The molecule has 1 aliphatic heterocycles. The van der Waals surface area contributed by atoms with E-state index in [-0.39, 0.29) is 12.2 Å². The molecule has 4 N–H and O–H groups in total. The van der Waals surface area contributed by atoms with Gasteiger partial charge in [-0.05, 0) is 28.6 Å². The van der Waals surface area contributed by atoms with Crippen LogP contribution in [0.4, 0.5) is 0 Å². The molecule has 130 valence electrons. The van der Waals surface area contributed by atoms with Gasteiger partial charge in [0.15, 0.2) is 0 Å². The summed E-state index contributed by atoms with van der Waals surface area (Å²) in [5.41, 5.74) is 4.80. The van der Waals surface area contributed by atoms with Crippen molar-refractivity contribution < 1.29 is 43.9 Å². The van der Waals surface area contributed by atoms with E-state index in [2.05, 4.69) is 19.6 Å². The van der Waals surface area contributed by atoms with Gasteiger partial charge in [0.05, 0.1) is 18.8 Å². The molecule has 22 heavy (non-hydrogen) atoms. The maximum atomic E-state index is 10.7. The summed E-state index contributed by atoms with van der Waals surface area (Å²) >= 11 is 14.3. The first-order valence-corrected chi connectivity index (χ1v) is 9.56. The van der Waals surface area contributed by atoms with Crippen LogP contribution in [0.25, 0.3) is 0 Å². The van der Waals surface area contributed by atoms with Gasteiger partial charge in [0.2, 0.25) is 0 Å². The number of aliphatic hydroxyl groups excluding tert-OH is 2. The molecular formula is C11H14Cl2NNiO6P-2. The Kier molecular flexibility index (Phi) is 10.7. The number of carbonyl (C=O) groups excluding carboxylic acids is 1. The van der Waals surface area contributed by atoms with Gasteiger partial charge < -0.3 is 19.5 Å². The van der Waals surface area contributed by atoms with Crippen molar-refractivity contribution in [3.8, 4) is 0 Å². The summed E-state index contributed by atoms with van der Waals surface area (Å²) in [5, 5.41) is 18.2. The van der Waals surface area contributed by atoms with Gasteiger partial charge >= 0.3 is 66.8 Å². The minimum atomic E-state index is -3.61. The van der Waals surface area contributed by atoms with E-state index in [0.29, 0.717) is 0 Å². The number of hydrogen-bond donors (Lipinski definition) is 3. The van der Waals surface area contributed by atoms with Crippen LogP contribution in [0.15, 0.2) is 17.7 Å². The molecule has 0 radical (unpaired) electrons. The minimum absolute atomic E-state index is 0.0169. The van der Waals surface area contributed by atoms with Crippen LogP contribution in [0, 0.1) is 13.2 Å². The quantitative estimate of drug-likeness (QED) is 0.192. The van der Waals surface area contributed by atoms with Crippen LogP contribution < -0.4 is 5.73 Å². The van der Waals surface area contributed by atoms with Gasteiger partial charge in [0.25, 0.3) is 0 Å². The average molecular weight is 417 g/mol. The van der Waals surface area contributed by atoms with Gasteiger partial charge in [-0.25, -0.2) is 0 Å². The van der Waals surface area contributed by atoms with Gasteiger partial charge in [-0.2, -0.15) is 6.61 Å². The Hall–Kier alpha value is -0.0365. The zero-order chi connectivity index (χ0) is 17.3. The molecule has 0 aromatic rings. The molecule has 0 aromatic carbocycles. The molecule has 0 unspecified atom stereocenters. The van der Waals surface area contributed by atoms with Crippen LogP contribution in [0.3, 0.4) is 0 Å². The van der Waals surface area contributed by atoms with Crippen molar-refractivity contribution in [2.75, 3.05) is 6.61 Å². The Labute approximate surface area is 145 Å². The van der Waals surface area contributed by atoms with Crippen molar-refractivity contribution in [1.82, 2.24) is 0 Å². The third-order valence-corrected chi connectivity index (χ3v) is 3.36. The fraction of sp³-hybridized carbons (Fsp3) is 0.364. The zero-order valence-electron chi connectivity index (χ0n) is 11.0. The van der Waals surface area contributed by atoms with Crippen LogP contribution in [-0.4, -0.2) is 46.0 Å². The SMILES string of the molecule is O=P(Cl)(Cl)OC[C@H]1O[CH-][C@H](O)[C@@H]1O.[CH-]=C(/C=C\[CH]=[Ni])C(N)=O. The van der Waals surface area contributed by atoms with E-state index < -0.39 is 30.3 Å². The van der Waals surface area contributed by atoms with Crippen LogP contribution in [0.2, 0.25) is 0 Å². The number of ether oxygens (including phenoxy) is 1. The number of primary amides is 1. The molecule has 0 spiro atoms. The zero-order valence-corrected chi connectivity index (χ0v) is 14.3. The Morgan fingerprint density at radius 3 is 2.50 bits per heavy atom. The number of aliphatic hydroxyl groups is 2. The molecule has 3 atom stereocenters. The summed E-state index contributed by atoms with van der Waals surface area (Å²) in [6, 6.07) is 0. The topological polar surface area (TPSA) is 119 Å². The first kappa shape index (κ1) is 22.0. The number of hydrogen-bond acceptors (Lipinski definition) is 6. The summed E-state index contributed by atoms with van der Waals surface area (Å²) < 4.78 is 19.9. The van der Waals surface area contributed by atoms with Crippen molar-refractivity contribution in [3.63, 3.8) is 0 Å². The van der Waals surface area contributed by atoms with Gasteiger partial charge in [0.1, 0.15) is 0 Å². The Morgan fingerprint density at radius 2 is 2.14 bits per heavy atom.